The first kappa shape index (κ1) is 25.4. The molecule has 0 bridgehead atoms. The van der Waals surface area contributed by atoms with Gasteiger partial charge < -0.3 is 23.9 Å². The Kier molecular flexibility index (Phi) is 8.16. The molecule has 2 N–H and O–H groups in total. The van der Waals surface area contributed by atoms with Crippen LogP contribution in [0.4, 0.5) is 0 Å². The maximum absolute atomic E-state index is 13.9. The molecule has 0 saturated carbocycles. The third kappa shape index (κ3) is 6.96. The van der Waals surface area contributed by atoms with Gasteiger partial charge in [0.15, 0.2) is 6.10 Å². The lowest BCUT2D eigenvalue weighted by atomic mass is 10.1. The molecule has 1 saturated heterocycles. The molecule has 2 heterocycles. The van der Waals surface area contributed by atoms with Gasteiger partial charge in [0, 0.05) is 11.8 Å². The zero-order chi connectivity index (χ0) is 29.1. The van der Waals surface area contributed by atoms with Crippen LogP contribution >= 0.6 is 7.60 Å². The summed E-state index contributed by atoms with van der Waals surface area (Å²) < 4.78 is 53.6. The van der Waals surface area contributed by atoms with E-state index < -0.39 is 74.0 Å². The highest BCUT2D eigenvalue weighted by molar-refractivity contribution is 7.54. The number of H-pyrrole nitrogens is 1. The van der Waals surface area contributed by atoms with Gasteiger partial charge in [-0.25, -0.2) is 15.9 Å². The Balaban J connectivity index is 1.94. The second kappa shape index (κ2) is 11.9. The van der Waals surface area contributed by atoms with E-state index in [4.69, 9.17) is 27.8 Å². The number of hydrogen-bond acceptors (Lipinski definition) is 9. The van der Waals surface area contributed by atoms with Gasteiger partial charge in [0.05, 0.1) is 27.5 Å². The van der Waals surface area contributed by atoms with E-state index in [9.17, 15) is 24.1 Å². The van der Waals surface area contributed by atoms with Crippen LogP contribution in [0.25, 0.3) is 4.85 Å². The minimum Gasteiger partial charge on any atom is -0.463 e. The number of nitrogens with one attached hydrogen (secondary N) is 1. The van der Waals surface area contributed by atoms with Crippen LogP contribution in [0.5, 0.6) is 5.75 Å². The molecule has 200 valence electrons. The van der Waals surface area contributed by atoms with Crippen molar-refractivity contribution >= 4 is 13.6 Å². The average Bonchev–Trinajstić information content (AvgIpc) is 3.17. The molecule has 1 aliphatic heterocycles. The van der Waals surface area contributed by atoms with Crippen LogP contribution in [-0.2, 0) is 23.4 Å². The fraction of sp³-hybridized carbons (Fsp3) is 0.500. The lowest BCUT2D eigenvalue weighted by molar-refractivity contribution is -0.151. The number of aliphatic hydroxyl groups excluding tert-OH is 1. The van der Waals surface area contributed by atoms with Gasteiger partial charge in [-0.05, 0) is 32.9 Å². The normalized spacial score (nSPS) is 24.9. The van der Waals surface area contributed by atoms with Crippen molar-refractivity contribution in [1.82, 2.24) is 9.55 Å². The van der Waals surface area contributed by atoms with Crippen LogP contribution in [0.3, 0.4) is 0 Å². The maximum atomic E-state index is 13.9. The van der Waals surface area contributed by atoms with Crippen molar-refractivity contribution in [3.8, 4) is 5.75 Å². The Hall–Kier alpha value is -3.23. The zero-order valence-electron chi connectivity index (χ0n) is 22.7. The van der Waals surface area contributed by atoms with Crippen LogP contribution in [-0.4, -0.2) is 57.7 Å². The second-order valence-electron chi connectivity index (χ2n) is 8.83. The summed E-state index contributed by atoms with van der Waals surface area (Å²) in [5.74, 6) is -1.66. The lowest BCUT2D eigenvalue weighted by Crippen LogP contribution is -2.37. The number of esters is 1. The molecule has 37 heavy (non-hydrogen) atoms. The van der Waals surface area contributed by atoms with Crippen molar-refractivity contribution in [2.45, 2.75) is 58.3 Å². The fourth-order valence-corrected chi connectivity index (χ4v) is 5.24. The molecule has 1 fully saturated rings. The number of para-hydroxylation sites is 1. The molecule has 1 aliphatic rings. The molecule has 13 heteroatoms. The Morgan fingerprint density at radius 3 is 2.62 bits per heavy atom. The Bertz CT molecular complexity index is 1390. The van der Waals surface area contributed by atoms with Gasteiger partial charge in [-0.15, -0.1) is 0 Å². The van der Waals surface area contributed by atoms with Gasteiger partial charge in [-0.3, -0.25) is 23.7 Å². The van der Waals surface area contributed by atoms with Crippen LogP contribution in [0.2, 0.25) is 0 Å². The third-order valence-corrected chi connectivity index (χ3v) is 7.22. The molecular weight excluding hydrogens is 505 g/mol. The summed E-state index contributed by atoms with van der Waals surface area (Å²) in [6.45, 7) is 10.6. The maximum Gasteiger partial charge on any atom is 0.380 e. The first-order chi connectivity index (χ1) is 18.2. The zero-order valence-corrected chi connectivity index (χ0v) is 21.6. The van der Waals surface area contributed by atoms with E-state index in [1.54, 1.807) is 32.0 Å². The van der Waals surface area contributed by atoms with Gasteiger partial charge in [-0.1, -0.05) is 25.1 Å². The predicted molar refractivity (Wildman–Crippen MR) is 132 cm³/mol. The Morgan fingerprint density at radius 1 is 1.32 bits per heavy atom. The SMILES string of the molecule is [2H]C([2H])(OP(=O)(C[C@@H](C)C(=O)OC(C)C)Oc1ccccc1)[C@@H]1O[C@H](n2cc(C)c(=O)[nH]c2=O)[C@H]([N+]#[C-])C1O. The molecule has 6 atom stereocenters. The third-order valence-electron chi connectivity index (χ3n) is 5.35. The molecular formula is C24H30N3O9P. The number of aliphatic hydroxyl groups is 1. The number of ether oxygens (including phenoxy) is 2. The van der Waals surface area contributed by atoms with E-state index in [2.05, 4.69) is 9.83 Å². The number of rotatable bonds is 10. The molecule has 0 radical (unpaired) electrons. The second-order valence-corrected chi connectivity index (χ2v) is 10.8. The molecule has 0 amide bonds. The van der Waals surface area contributed by atoms with Crippen LogP contribution in [0.1, 0.15) is 35.3 Å². The predicted octanol–water partition coefficient (Wildman–Crippen LogP) is 2.27. The monoisotopic (exact) mass is 537 g/mol. The highest BCUT2D eigenvalue weighted by Crippen LogP contribution is 2.50. The molecule has 0 spiro atoms. The summed E-state index contributed by atoms with van der Waals surface area (Å²) in [5, 5.41) is 10.8. The smallest absolute Gasteiger partial charge is 0.380 e. The number of carbonyl (C=O) groups is 1. The van der Waals surface area contributed by atoms with E-state index in [-0.39, 0.29) is 11.3 Å². The largest absolute Gasteiger partial charge is 0.463 e. The van der Waals surface area contributed by atoms with Gasteiger partial charge in [0.2, 0.25) is 6.23 Å². The molecule has 2 unspecified atom stereocenters. The quantitative estimate of drug-likeness (QED) is 0.264. The van der Waals surface area contributed by atoms with E-state index in [1.165, 1.54) is 26.0 Å². The van der Waals surface area contributed by atoms with Gasteiger partial charge in [0.25, 0.3) is 11.6 Å². The van der Waals surface area contributed by atoms with Crippen molar-refractivity contribution in [3.05, 3.63) is 74.3 Å². The van der Waals surface area contributed by atoms with E-state index in [1.807, 2.05) is 0 Å². The molecule has 2 aromatic rings. The first-order valence-corrected chi connectivity index (χ1v) is 13.2. The van der Waals surface area contributed by atoms with Crippen molar-refractivity contribution in [2.24, 2.45) is 5.92 Å². The van der Waals surface area contributed by atoms with E-state index in [0.717, 1.165) is 10.8 Å². The lowest BCUT2D eigenvalue weighted by Gasteiger charge is -2.24. The van der Waals surface area contributed by atoms with Gasteiger partial charge in [0.1, 0.15) is 11.9 Å². The van der Waals surface area contributed by atoms with E-state index in [0.29, 0.717) is 0 Å². The number of aryl methyl sites for hydroxylation is 1. The van der Waals surface area contributed by atoms with Crippen molar-refractivity contribution < 1.29 is 35.7 Å². The minimum atomic E-state index is -4.50. The Morgan fingerprint density at radius 2 is 2.00 bits per heavy atom. The summed E-state index contributed by atoms with van der Waals surface area (Å²) >= 11 is 0. The number of nitrogens with zero attached hydrogens (tertiary/aromatic N) is 2. The highest BCUT2D eigenvalue weighted by Gasteiger charge is 2.51. The standard InChI is InChI=1S/C24H30N3O9P/c1-14(2)34-23(30)16(4)13-37(32,36-17-9-7-6-8-10-17)33-12-18-20(28)19(25-5)22(35-18)27-11-15(3)21(29)26-24(27)31/h6-11,14,16,18-20,22,28H,12-13H2,1-4H3,(H,26,29,31)/t16-,18+,19-,20?,22+,37?/m1/s1/i12D2. The summed E-state index contributed by atoms with van der Waals surface area (Å²) in [4.78, 5) is 41.9. The number of carbonyl (C=O) groups excluding carboxylic acids is 1. The van der Waals surface area contributed by atoms with Gasteiger partial charge in [-0.2, -0.15) is 0 Å². The summed E-state index contributed by atoms with van der Waals surface area (Å²) in [6.07, 6.45) is -5.16. The number of hydrogen-bond donors (Lipinski definition) is 2. The molecule has 1 aromatic carbocycles. The molecule has 1 aromatic heterocycles. The van der Waals surface area contributed by atoms with Crippen LogP contribution < -0.4 is 15.8 Å². The van der Waals surface area contributed by atoms with Crippen LogP contribution in [0, 0.1) is 19.4 Å². The summed E-state index contributed by atoms with van der Waals surface area (Å²) in [6, 6.07) is 6.28. The van der Waals surface area contributed by atoms with Crippen LogP contribution in [0.15, 0.2) is 46.1 Å². The van der Waals surface area contributed by atoms with Crippen molar-refractivity contribution in [1.29, 1.82) is 0 Å². The molecule has 12 nitrogen and oxygen atoms in total. The Labute approximate surface area is 216 Å². The van der Waals surface area contributed by atoms with E-state index >= 15 is 0 Å². The number of benzene rings is 1. The fourth-order valence-electron chi connectivity index (χ4n) is 3.53. The summed E-state index contributed by atoms with van der Waals surface area (Å²) in [7, 11) is -4.50. The molecule has 0 aliphatic carbocycles. The first-order valence-electron chi connectivity index (χ1n) is 12.4. The van der Waals surface area contributed by atoms with Crippen molar-refractivity contribution in [2.75, 3.05) is 12.7 Å². The average molecular weight is 538 g/mol. The summed E-state index contributed by atoms with van der Waals surface area (Å²) in [5.41, 5.74) is -1.48. The molecule has 3 rings (SSSR count). The minimum absolute atomic E-state index is 0.0705. The topological polar surface area (TPSA) is 151 Å². The van der Waals surface area contributed by atoms with Gasteiger partial charge >= 0.3 is 19.3 Å². The van der Waals surface area contributed by atoms with Crippen molar-refractivity contribution in [3.63, 3.8) is 0 Å². The highest BCUT2D eigenvalue weighted by atomic mass is 31.2. The number of aromatic nitrogens is 2. The number of aromatic amines is 1.